The lowest BCUT2D eigenvalue weighted by atomic mass is 10.1. The van der Waals surface area contributed by atoms with Gasteiger partial charge in [0.25, 0.3) is 0 Å². The van der Waals surface area contributed by atoms with E-state index < -0.39 is 12.5 Å². The van der Waals surface area contributed by atoms with Crippen LogP contribution in [0.1, 0.15) is 90.9 Å². The van der Waals surface area contributed by atoms with Crippen molar-refractivity contribution in [3.63, 3.8) is 0 Å². The molecule has 0 spiro atoms. The Morgan fingerprint density at radius 2 is 1.09 bits per heavy atom. The molecule has 0 heterocycles. The molecular formula is C18H32N2O3. The predicted octanol–water partition coefficient (Wildman–Crippen LogP) is 5.05. The molecule has 2 atom stereocenters. The molecule has 132 valence electrons. The highest BCUT2D eigenvalue weighted by atomic mass is 16.5. The summed E-state index contributed by atoms with van der Waals surface area (Å²) in [5.41, 5.74) is 0. The van der Waals surface area contributed by atoms with E-state index in [0.29, 0.717) is 12.8 Å². The van der Waals surface area contributed by atoms with Crippen molar-refractivity contribution < 1.29 is 14.3 Å². The molecule has 0 rings (SSSR count). The summed E-state index contributed by atoms with van der Waals surface area (Å²) in [5.74, 6) is 0. The number of hydrogen-bond donors (Lipinski definition) is 0. The molecule has 0 aromatic heterocycles. The Morgan fingerprint density at radius 3 is 1.43 bits per heavy atom. The number of nitrogens with zero attached hydrogens (tertiary/aromatic N) is 2. The number of isocyanates is 2. The lowest BCUT2D eigenvalue weighted by molar-refractivity contribution is -0.0126. The monoisotopic (exact) mass is 324 g/mol. The molecule has 0 aliphatic heterocycles. The molecule has 0 aliphatic carbocycles. The molecule has 0 amide bonds. The zero-order chi connectivity index (χ0) is 17.2. The highest BCUT2D eigenvalue weighted by Gasteiger charge is 2.15. The van der Waals surface area contributed by atoms with Crippen molar-refractivity contribution in [2.75, 3.05) is 0 Å². The Balaban J connectivity index is 4.18. The van der Waals surface area contributed by atoms with Crippen LogP contribution in [0, 0.1) is 0 Å². The summed E-state index contributed by atoms with van der Waals surface area (Å²) in [6.45, 7) is 4.34. The van der Waals surface area contributed by atoms with Gasteiger partial charge >= 0.3 is 0 Å². The maximum Gasteiger partial charge on any atom is 0.237 e. The third-order valence-electron chi connectivity index (χ3n) is 3.82. The second-order valence-electron chi connectivity index (χ2n) is 5.89. The van der Waals surface area contributed by atoms with Crippen LogP contribution in [0.3, 0.4) is 0 Å². The van der Waals surface area contributed by atoms with Crippen LogP contribution in [0.2, 0.25) is 0 Å². The minimum absolute atomic E-state index is 0.549. The molecule has 0 bridgehead atoms. The van der Waals surface area contributed by atoms with E-state index in [0.717, 1.165) is 25.7 Å². The van der Waals surface area contributed by atoms with Gasteiger partial charge in [0.1, 0.15) is 0 Å². The van der Waals surface area contributed by atoms with E-state index in [4.69, 9.17) is 4.74 Å². The van der Waals surface area contributed by atoms with E-state index in [-0.39, 0.29) is 0 Å². The Bertz CT molecular complexity index is 327. The zero-order valence-corrected chi connectivity index (χ0v) is 14.8. The normalized spacial score (nSPS) is 13.0. The molecule has 0 N–H and O–H groups in total. The largest absolute Gasteiger partial charge is 0.330 e. The van der Waals surface area contributed by atoms with Crippen molar-refractivity contribution in [2.24, 2.45) is 9.98 Å². The fraction of sp³-hybridized carbons (Fsp3) is 0.889. The van der Waals surface area contributed by atoms with Crippen molar-refractivity contribution in [2.45, 2.75) is 103 Å². The average Bonchev–Trinajstić information content (AvgIpc) is 2.54. The van der Waals surface area contributed by atoms with Crippen molar-refractivity contribution >= 4 is 12.2 Å². The van der Waals surface area contributed by atoms with Gasteiger partial charge in [0.2, 0.25) is 12.2 Å². The summed E-state index contributed by atoms with van der Waals surface area (Å²) >= 11 is 0. The maximum atomic E-state index is 10.5. The Labute approximate surface area is 140 Å². The van der Waals surface area contributed by atoms with Gasteiger partial charge in [-0.25, -0.2) is 9.59 Å². The van der Waals surface area contributed by atoms with Crippen molar-refractivity contribution in [1.29, 1.82) is 0 Å². The first-order valence-corrected chi connectivity index (χ1v) is 9.07. The van der Waals surface area contributed by atoms with Crippen LogP contribution < -0.4 is 0 Å². The summed E-state index contributed by atoms with van der Waals surface area (Å²) in [6.07, 6.45) is 14.6. The highest BCUT2D eigenvalue weighted by molar-refractivity contribution is 5.33. The SMILES string of the molecule is CCCCCCCC(N=C=O)OC(CCCCCCC)N=C=O. The minimum atomic E-state index is -0.549. The van der Waals surface area contributed by atoms with E-state index in [1.807, 2.05) is 0 Å². The van der Waals surface area contributed by atoms with Gasteiger partial charge in [0, 0.05) is 0 Å². The van der Waals surface area contributed by atoms with E-state index in [1.165, 1.54) is 38.5 Å². The van der Waals surface area contributed by atoms with E-state index in [1.54, 1.807) is 12.2 Å². The van der Waals surface area contributed by atoms with Crippen LogP contribution in [0.5, 0.6) is 0 Å². The van der Waals surface area contributed by atoms with Gasteiger partial charge in [-0.05, 0) is 25.7 Å². The second kappa shape index (κ2) is 17.1. The van der Waals surface area contributed by atoms with Gasteiger partial charge < -0.3 is 4.74 Å². The first kappa shape index (κ1) is 21.7. The van der Waals surface area contributed by atoms with E-state index in [9.17, 15) is 9.59 Å². The zero-order valence-electron chi connectivity index (χ0n) is 14.8. The van der Waals surface area contributed by atoms with Crippen LogP contribution >= 0.6 is 0 Å². The molecule has 0 radical (unpaired) electrons. The number of unbranched alkanes of at least 4 members (excludes halogenated alkanes) is 8. The number of aliphatic imine (C=N–C) groups is 2. The molecule has 0 aromatic rings. The molecule has 0 aromatic carbocycles. The molecule has 23 heavy (non-hydrogen) atoms. The number of carbonyl (C=O) groups excluding carboxylic acids is 2. The minimum Gasteiger partial charge on any atom is -0.330 e. The third-order valence-corrected chi connectivity index (χ3v) is 3.82. The van der Waals surface area contributed by atoms with Crippen molar-refractivity contribution in [3.05, 3.63) is 0 Å². The summed E-state index contributed by atoms with van der Waals surface area (Å²) in [6, 6.07) is 0. The van der Waals surface area contributed by atoms with Crippen molar-refractivity contribution in [3.8, 4) is 0 Å². The molecule has 0 fully saturated rings. The quantitative estimate of drug-likeness (QED) is 0.227. The van der Waals surface area contributed by atoms with Gasteiger partial charge in [-0.15, -0.1) is 0 Å². The fourth-order valence-electron chi connectivity index (χ4n) is 2.47. The third kappa shape index (κ3) is 14.1. The first-order chi connectivity index (χ1) is 11.3. The van der Waals surface area contributed by atoms with Crippen molar-refractivity contribution in [1.82, 2.24) is 0 Å². The van der Waals surface area contributed by atoms with Gasteiger partial charge in [0.15, 0.2) is 12.5 Å². The molecule has 2 unspecified atom stereocenters. The van der Waals surface area contributed by atoms with Crippen LogP contribution in [-0.4, -0.2) is 24.6 Å². The molecule has 5 nitrogen and oxygen atoms in total. The smallest absolute Gasteiger partial charge is 0.237 e. The van der Waals surface area contributed by atoms with Gasteiger partial charge in [-0.2, -0.15) is 9.98 Å². The van der Waals surface area contributed by atoms with Crippen LogP contribution in [-0.2, 0) is 14.3 Å². The standard InChI is InChI=1S/C18H32N2O3/c1-3-5-7-9-11-13-17(19-15-21)23-18(20-16-22)14-12-10-8-6-4-2/h17-18H,3-14H2,1-2H3. The predicted molar refractivity (Wildman–Crippen MR) is 91.7 cm³/mol. The molecule has 0 saturated heterocycles. The lowest BCUT2D eigenvalue weighted by Crippen LogP contribution is -2.19. The average molecular weight is 324 g/mol. The second-order valence-corrected chi connectivity index (χ2v) is 5.89. The van der Waals surface area contributed by atoms with Crippen LogP contribution in [0.15, 0.2) is 9.98 Å². The first-order valence-electron chi connectivity index (χ1n) is 9.07. The van der Waals surface area contributed by atoms with Gasteiger partial charge in [-0.3, -0.25) is 0 Å². The summed E-state index contributed by atoms with van der Waals surface area (Å²) in [4.78, 5) is 28.5. The highest BCUT2D eigenvalue weighted by Crippen LogP contribution is 2.16. The summed E-state index contributed by atoms with van der Waals surface area (Å²) in [5, 5.41) is 0. The Morgan fingerprint density at radius 1 is 0.696 bits per heavy atom. The van der Waals surface area contributed by atoms with E-state index >= 15 is 0 Å². The van der Waals surface area contributed by atoms with E-state index in [2.05, 4.69) is 23.8 Å². The number of ether oxygens (including phenoxy) is 1. The summed E-state index contributed by atoms with van der Waals surface area (Å²) in [7, 11) is 0. The number of hydrogen-bond acceptors (Lipinski definition) is 5. The lowest BCUT2D eigenvalue weighted by Gasteiger charge is -2.17. The van der Waals surface area contributed by atoms with Crippen LogP contribution in [0.4, 0.5) is 0 Å². The molecule has 0 saturated carbocycles. The summed E-state index contributed by atoms with van der Waals surface area (Å²) < 4.78 is 5.69. The molecule has 0 aliphatic rings. The maximum absolute atomic E-state index is 10.5. The molecular weight excluding hydrogens is 292 g/mol. The van der Waals surface area contributed by atoms with Crippen LogP contribution in [0.25, 0.3) is 0 Å². The molecule has 5 heteroatoms. The van der Waals surface area contributed by atoms with Gasteiger partial charge in [-0.1, -0.05) is 65.2 Å². The fourth-order valence-corrected chi connectivity index (χ4v) is 2.47. The van der Waals surface area contributed by atoms with Gasteiger partial charge in [0.05, 0.1) is 0 Å². The topological polar surface area (TPSA) is 68.1 Å². The Hall–Kier alpha value is -1.28. The number of rotatable bonds is 16. The Kier molecular flexibility index (Phi) is 16.1.